The first-order valence-electron chi connectivity index (χ1n) is 15.5. The van der Waals surface area contributed by atoms with E-state index in [4.69, 9.17) is 0 Å². The molecule has 2 aromatic heterocycles. The minimum absolute atomic E-state index is 0.0192. The summed E-state index contributed by atoms with van der Waals surface area (Å²) in [6, 6.07) is 4.42. The summed E-state index contributed by atoms with van der Waals surface area (Å²) in [4.78, 5) is 33.2. The van der Waals surface area contributed by atoms with Crippen LogP contribution in [0.5, 0.6) is 0 Å². The highest BCUT2D eigenvalue weighted by Crippen LogP contribution is 2.43. The maximum Gasteiger partial charge on any atom is 0.256 e. The van der Waals surface area contributed by atoms with Crippen molar-refractivity contribution >= 4 is 22.7 Å². The van der Waals surface area contributed by atoms with Gasteiger partial charge in [-0.25, -0.2) is 4.39 Å². The number of fused-ring (bicyclic) bond motifs is 1. The molecule has 1 N–H and O–H groups in total. The van der Waals surface area contributed by atoms with Crippen LogP contribution in [0.25, 0.3) is 16.6 Å². The Hall–Kier alpha value is -3.26. The zero-order chi connectivity index (χ0) is 30.1. The number of nitrogens with zero attached hydrogens (tertiary/aromatic N) is 4. The summed E-state index contributed by atoms with van der Waals surface area (Å²) in [5.74, 6) is 1.21. The number of carbonyl (C=O) groups excluding carboxylic acids is 2. The SMILES string of the molecule is CC(=O)N1CCC([C@@H](CO)C2CC[C@@H](Cc3cn(-c4ccc(F)cc4C(=O)N(C)C(C)C)c4cncc(C)c34)C2)CC1. The van der Waals surface area contributed by atoms with Crippen molar-refractivity contribution in [3.63, 3.8) is 0 Å². The van der Waals surface area contributed by atoms with Gasteiger partial charge in [-0.2, -0.15) is 0 Å². The van der Waals surface area contributed by atoms with Gasteiger partial charge in [0.05, 0.1) is 23.0 Å². The number of benzene rings is 1. The molecule has 3 heterocycles. The van der Waals surface area contributed by atoms with Gasteiger partial charge >= 0.3 is 0 Å². The van der Waals surface area contributed by atoms with Gasteiger partial charge in [0.1, 0.15) is 5.82 Å². The van der Waals surface area contributed by atoms with Gasteiger partial charge in [-0.05, 0) is 112 Å². The standard InChI is InChI=1S/C34H45FN4O3/c1-21(2)37(5)34(42)29-16-28(35)8-9-31(29)39-19-27(33-22(3)17-36-18-32(33)39)15-24-6-7-26(14-24)30(20-40)25-10-12-38(13-11-25)23(4)41/h8-9,16-19,21,24-26,30,40H,6-7,10-15,20H2,1-5H3/t24-,26?,30-/m1/s1. The molecule has 2 amide bonds. The van der Waals surface area contributed by atoms with E-state index in [1.54, 1.807) is 24.9 Å². The Kier molecular flexibility index (Phi) is 9.02. The smallest absolute Gasteiger partial charge is 0.256 e. The van der Waals surface area contributed by atoms with Crippen LogP contribution >= 0.6 is 0 Å². The fourth-order valence-electron chi connectivity index (χ4n) is 7.43. The average Bonchev–Trinajstić information content (AvgIpc) is 3.58. The Balaban J connectivity index is 1.40. The number of aliphatic hydroxyl groups excluding tert-OH is 1. The summed E-state index contributed by atoms with van der Waals surface area (Å²) >= 11 is 0. The van der Waals surface area contributed by atoms with Crippen LogP contribution in [0.4, 0.5) is 4.39 Å². The molecule has 2 aliphatic rings. The monoisotopic (exact) mass is 576 g/mol. The highest BCUT2D eigenvalue weighted by molar-refractivity contribution is 5.99. The van der Waals surface area contributed by atoms with E-state index in [1.165, 1.54) is 17.7 Å². The van der Waals surface area contributed by atoms with Crippen molar-refractivity contribution in [1.29, 1.82) is 0 Å². The van der Waals surface area contributed by atoms with E-state index in [0.717, 1.165) is 68.1 Å². The Morgan fingerprint density at radius 2 is 1.86 bits per heavy atom. The first kappa shape index (κ1) is 30.2. The number of piperidine rings is 1. The summed E-state index contributed by atoms with van der Waals surface area (Å²) in [6.45, 7) is 9.38. The minimum atomic E-state index is -0.437. The maximum atomic E-state index is 14.4. The average molecular weight is 577 g/mol. The van der Waals surface area contributed by atoms with E-state index >= 15 is 0 Å². The number of aromatic nitrogens is 2. The zero-order valence-corrected chi connectivity index (χ0v) is 25.6. The second-order valence-corrected chi connectivity index (χ2v) is 12.9. The fourth-order valence-corrected chi connectivity index (χ4v) is 7.43. The maximum absolute atomic E-state index is 14.4. The molecule has 1 saturated heterocycles. The van der Waals surface area contributed by atoms with Crippen LogP contribution in [0.2, 0.25) is 0 Å². The van der Waals surface area contributed by atoms with E-state index < -0.39 is 5.82 Å². The van der Waals surface area contributed by atoms with Crippen LogP contribution in [0.3, 0.4) is 0 Å². The molecular weight excluding hydrogens is 531 g/mol. The van der Waals surface area contributed by atoms with Gasteiger partial charge in [-0.15, -0.1) is 0 Å². The Morgan fingerprint density at radius 1 is 1.12 bits per heavy atom. The fraction of sp³-hybridized carbons (Fsp3) is 0.559. The molecule has 1 saturated carbocycles. The molecule has 1 aliphatic carbocycles. The van der Waals surface area contributed by atoms with Gasteiger partial charge in [-0.1, -0.05) is 0 Å². The van der Waals surface area contributed by atoms with Crippen molar-refractivity contribution in [2.24, 2.45) is 23.7 Å². The number of hydrogen-bond acceptors (Lipinski definition) is 4. The predicted molar refractivity (Wildman–Crippen MR) is 163 cm³/mol. The molecule has 1 aromatic carbocycles. The quantitative estimate of drug-likeness (QED) is 0.369. The van der Waals surface area contributed by atoms with Crippen LogP contribution in [0.1, 0.15) is 74.4 Å². The highest BCUT2D eigenvalue weighted by Gasteiger charge is 2.37. The van der Waals surface area contributed by atoms with Crippen LogP contribution in [0.15, 0.2) is 36.8 Å². The zero-order valence-electron chi connectivity index (χ0n) is 25.6. The Morgan fingerprint density at radius 3 is 2.52 bits per heavy atom. The number of carbonyl (C=O) groups is 2. The van der Waals surface area contributed by atoms with E-state index in [2.05, 4.69) is 18.1 Å². The lowest BCUT2D eigenvalue weighted by Crippen LogP contribution is -2.40. The second-order valence-electron chi connectivity index (χ2n) is 12.9. The third kappa shape index (κ3) is 5.96. The van der Waals surface area contributed by atoms with Gasteiger partial charge in [0.15, 0.2) is 0 Å². The van der Waals surface area contributed by atoms with E-state index in [9.17, 15) is 19.1 Å². The molecule has 0 radical (unpaired) electrons. The molecule has 0 bridgehead atoms. The number of rotatable bonds is 8. The molecule has 3 atom stereocenters. The van der Waals surface area contributed by atoms with Gasteiger partial charge < -0.3 is 19.5 Å². The van der Waals surface area contributed by atoms with Crippen LogP contribution in [-0.2, 0) is 11.2 Å². The highest BCUT2D eigenvalue weighted by atomic mass is 19.1. The lowest BCUT2D eigenvalue weighted by atomic mass is 9.76. The summed E-state index contributed by atoms with van der Waals surface area (Å²) in [5, 5.41) is 11.6. The third-order valence-electron chi connectivity index (χ3n) is 10.0. The predicted octanol–water partition coefficient (Wildman–Crippen LogP) is 5.78. The molecule has 2 fully saturated rings. The number of likely N-dealkylation sites (tertiary alicyclic amines) is 1. The molecule has 226 valence electrons. The van der Waals surface area contributed by atoms with Crippen molar-refractivity contribution in [1.82, 2.24) is 19.4 Å². The molecular formula is C34H45FN4O3. The number of aryl methyl sites for hydroxylation is 1. The summed E-state index contributed by atoms with van der Waals surface area (Å²) < 4.78 is 16.4. The van der Waals surface area contributed by atoms with Crippen LogP contribution < -0.4 is 0 Å². The molecule has 5 rings (SSSR count). The number of pyridine rings is 1. The topological polar surface area (TPSA) is 78.7 Å². The molecule has 7 nitrogen and oxygen atoms in total. The third-order valence-corrected chi connectivity index (χ3v) is 10.0. The molecule has 0 spiro atoms. The lowest BCUT2D eigenvalue weighted by molar-refractivity contribution is -0.130. The molecule has 1 unspecified atom stereocenters. The number of amides is 2. The van der Waals surface area contributed by atoms with Gasteiger partial charge in [0.25, 0.3) is 5.91 Å². The first-order valence-corrected chi connectivity index (χ1v) is 15.5. The molecule has 8 heteroatoms. The van der Waals surface area contributed by atoms with Gasteiger partial charge in [0, 0.05) is 57.5 Å². The van der Waals surface area contributed by atoms with Crippen molar-refractivity contribution in [3.05, 3.63) is 59.3 Å². The lowest BCUT2D eigenvalue weighted by Gasteiger charge is -2.37. The van der Waals surface area contributed by atoms with E-state index in [-0.39, 0.29) is 30.4 Å². The first-order chi connectivity index (χ1) is 20.1. The van der Waals surface area contributed by atoms with Crippen LogP contribution in [0, 0.1) is 36.4 Å². The summed E-state index contributed by atoms with van der Waals surface area (Å²) in [6.07, 6.45) is 12.0. The van der Waals surface area contributed by atoms with Crippen LogP contribution in [-0.4, -0.2) is 69.1 Å². The van der Waals surface area contributed by atoms with Crippen molar-refractivity contribution in [2.75, 3.05) is 26.7 Å². The van der Waals surface area contributed by atoms with Crippen molar-refractivity contribution < 1.29 is 19.1 Å². The number of aliphatic hydroxyl groups is 1. The normalized spacial score (nSPS) is 20.4. The summed E-state index contributed by atoms with van der Waals surface area (Å²) in [7, 11) is 1.75. The molecule has 3 aromatic rings. The molecule has 1 aliphatic heterocycles. The Bertz CT molecular complexity index is 1440. The summed E-state index contributed by atoms with van der Waals surface area (Å²) in [5.41, 5.74) is 4.19. The molecule has 42 heavy (non-hydrogen) atoms. The largest absolute Gasteiger partial charge is 0.396 e. The Labute approximate surface area is 248 Å². The number of hydrogen-bond donors (Lipinski definition) is 1. The van der Waals surface area contributed by atoms with Crippen molar-refractivity contribution in [2.45, 2.75) is 72.3 Å². The minimum Gasteiger partial charge on any atom is -0.396 e. The van der Waals surface area contributed by atoms with Gasteiger partial charge in [-0.3, -0.25) is 14.6 Å². The van der Waals surface area contributed by atoms with E-state index in [1.807, 2.05) is 35.7 Å². The van der Waals surface area contributed by atoms with Crippen molar-refractivity contribution in [3.8, 4) is 5.69 Å². The van der Waals surface area contributed by atoms with E-state index in [0.29, 0.717) is 29.0 Å². The second kappa shape index (κ2) is 12.5. The van der Waals surface area contributed by atoms with Gasteiger partial charge in [0.2, 0.25) is 5.91 Å². The number of halogens is 1.